The maximum absolute atomic E-state index is 12.0. The minimum absolute atomic E-state index is 0.213. The highest BCUT2D eigenvalue weighted by Crippen LogP contribution is 2.21. The van der Waals surface area contributed by atoms with Crippen LogP contribution in [0.2, 0.25) is 0 Å². The van der Waals surface area contributed by atoms with E-state index in [1.54, 1.807) is 25.1 Å². The van der Waals surface area contributed by atoms with Crippen molar-refractivity contribution in [1.29, 1.82) is 0 Å². The van der Waals surface area contributed by atoms with E-state index in [4.69, 9.17) is 0 Å². The molecule has 1 aromatic carbocycles. The summed E-state index contributed by atoms with van der Waals surface area (Å²) in [6, 6.07) is 4.51. The number of aliphatic hydroxyl groups is 1. The van der Waals surface area contributed by atoms with Crippen molar-refractivity contribution in [1.82, 2.24) is 5.32 Å². The molecule has 2 atom stereocenters. The molecular weight excluding hydrogens is 294 g/mol. The van der Waals surface area contributed by atoms with Crippen LogP contribution in [-0.4, -0.2) is 44.4 Å². The molecule has 0 spiro atoms. The highest BCUT2D eigenvalue weighted by Gasteiger charge is 2.27. The summed E-state index contributed by atoms with van der Waals surface area (Å²) in [7, 11) is -3.33. The molecule has 0 aliphatic carbocycles. The van der Waals surface area contributed by atoms with Crippen LogP contribution in [0.5, 0.6) is 0 Å². The van der Waals surface area contributed by atoms with Gasteiger partial charge in [0.15, 0.2) is 0 Å². The van der Waals surface area contributed by atoms with E-state index in [2.05, 4.69) is 15.4 Å². The Labute approximate surface area is 123 Å². The van der Waals surface area contributed by atoms with Crippen LogP contribution in [0.15, 0.2) is 18.2 Å². The number of nitrogens with one attached hydrogen (secondary N) is 3. The summed E-state index contributed by atoms with van der Waals surface area (Å²) in [4.78, 5) is 12.0. The molecule has 1 aromatic rings. The Bertz CT molecular complexity index is 645. The van der Waals surface area contributed by atoms with Gasteiger partial charge in [-0.15, -0.1) is 0 Å². The normalized spacial score (nSPS) is 22.0. The number of sulfonamides is 1. The third kappa shape index (κ3) is 4.42. The number of benzene rings is 1. The lowest BCUT2D eigenvalue weighted by atomic mass is 10.1. The van der Waals surface area contributed by atoms with Crippen molar-refractivity contribution in [3.05, 3.63) is 23.8 Å². The van der Waals surface area contributed by atoms with Crippen molar-refractivity contribution >= 4 is 27.3 Å². The molecule has 1 aliphatic heterocycles. The number of aliphatic hydroxyl groups excluding tert-OH is 1. The molecule has 0 bridgehead atoms. The largest absolute Gasteiger partial charge is 0.392 e. The summed E-state index contributed by atoms with van der Waals surface area (Å²) in [5, 5.41) is 15.1. The highest BCUT2D eigenvalue weighted by atomic mass is 32.2. The van der Waals surface area contributed by atoms with Gasteiger partial charge in [0.05, 0.1) is 24.1 Å². The van der Waals surface area contributed by atoms with Crippen LogP contribution < -0.4 is 15.4 Å². The van der Waals surface area contributed by atoms with E-state index in [9.17, 15) is 18.3 Å². The Balaban J connectivity index is 2.05. The number of rotatable bonds is 4. The summed E-state index contributed by atoms with van der Waals surface area (Å²) in [5.74, 6) is -0.213. The summed E-state index contributed by atoms with van der Waals surface area (Å²) in [6.07, 6.45) is 0.974. The number of carbonyl (C=O) groups excluding carboxylic acids is 1. The molecule has 2 rings (SSSR count). The van der Waals surface area contributed by atoms with Gasteiger partial charge in [0, 0.05) is 12.2 Å². The van der Waals surface area contributed by atoms with E-state index in [1.165, 1.54) is 0 Å². The second-order valence-electron chi connectivity index (χ2n) is 5.24. The Kier molecular flexibility index (Phi) is 4.50. The third-order valence-corrected chi connectivity index (χ3v) is 3.80. The van der Waals surface area contributed by atoms with E-state index in [0.29, 0.717) is 29.9 Å². The number of carbonyl (C=O) groups is 1. The molecule has 2 unspecified atom stereocenters. The van der Waals surface area contributed by atoms with Crippen molar-refractivity contribution in [3.8, 4) is 0 Å². The topological polar surface area (TPSA) is 108 Å². The number of β-amino-alcohol motifs (C(OH)–C–C–N with tert-alkyl or cyclic N) is 1. The molecule has 0 saturated carbocycles. The molecular formula is C13H19N3O4S. The van der Waals surface area contributed by atoms with Gasteiger partial charge >= 0.3 is 0 Å². The summed E-state index contributed by atoms with van der Waals surface area (Å²) in [5.41, 5.74) is 1.77. The predicted molar refractivity (Wildman–Crippen MR) is 80.7 cm³/mol. The molecule has 0 aromatic heterocycles. The van der Waals surface area contributed by atoms with Crippen molar-refractivity contribution in [2.45, 2.75) is 25.5 Å². The number of aryl methyl sites for hydroxylation is 1. The van der Waals surface area contributed by atoms with Crippen LogP contribution in [0.25, 0.3) is 0 Å². The monoisotopic (exact) mass is 313 g/mol. The number of hydrogen-bond donors (Lipinski definition) is 4. The summed E-state index contributed by atoms with van der Waals surface area (Å²) >= 11 is 0. The number of anilines is 2. The van der Waals surface area contributed by atoms with Crippen LogP contribution in [0.3, 0.4) is 0 Å². The van der Waals surface area contributed by atoms with Crippen molar-refractivity contribution in [2.75, 3.05) is 22.8 Å². The van der Waals surface area contributed by atoms with Gasteiger partial charge < -0.3 is 15.7 Å². The maximum Gasteiger partial charge on any atom is 0.241 e. The average Bonchev–Trinajstić information content (AvgIpc) is 2.78. The van der Waals surface area contributed by atoms with Gasteiger partial charge in [0.1, 0.15) is 0 Å². The fraction of sp³-hybridized carbons (Fsp3) is 0.462. The molecule has 1 heterocycles. The maximum atomic E-state index is 12.0. The van der Waals surface area contributed by atoms with Crippen LogP contribution in [0.1, 0.15) is 12.0 Å². The molecule has 7 nitrogen and oxygen atoms in total. The van der Waals surface area contributed by atoms with E-state index in [0.717, 1.165) is 6.26 Å². The summed E-state index contributed by atoms with van der Waals surface area (Å²) in [6.45, 7) is 2.16. The van der Waals surface area contributed by atoms with Gasteiger partial charge in [-0.2, -0.15) is 0 Å². The number of amides is 1. The first-order valence-corrected chi connectivity index (χ1v) is 8.44. The van der Waals surface area contributed by atoms with Gasteiger partial charge in [-0.1, -0.05) is 0 Å². The second kappa shape index (κ2) is 6.00. The molecule has 0 radical (unpaired) electrons. The van der Waals surface area contributed by atoms with Crippen LogP contribution in [0.4, 0.5) is 11.4 Å². The van der Waals surface area contributed by atoms with E-state index in [-0.39, 0.29) is 5.91 Å². The lowest BCUT2D eigenvalue weighted by Crippen LogP contribution is -2.35. The first-order valence-electron chi connectivity index (χ1n) is 6.55. The first-order chi connectivity index (χ1) is 9.74. The molecule has 8 heteroatoms. The molecule has 1 fully saturated rings. The zero-order valence-corrected chi connectivity index (χ0v) is 12.7. The fourth-order valence-electron chi connectivity index (χ4n) is 2.20. The van der Waals surface area contributed by atoms with Crippen molar-refractivity contribution in [3.63, 3.8) is 0 Å². The van der Waals surface area contributed by atoms with Gasteiger partial charge in [-0.3, -0.25) is 9.52 Å². The van der Waals surface area contributed by atoms with Crippen LogP contribution >= 0.6 is 0 Å². The molecule has 1 saturated heterocycles. The quantitative estimate of drug-likeness (QED) is 0.627. The predicted octanol–water partition coefficient (Wildman–Crippen LogP) is 0.0278. The van der Waals surface area contributed by atoms with Crippen molar-refractivity contribution in [2.24, 2.45) is 0 Å². The van der Waals surface area contributed by atoms with E-state index in [1.807, 2.05) is 0 Å². The Morgan fingerprint density at radius 3 is 2.67 bits per heavy atom. The summed E-state index contributed by atoms with van der Waals surface area (Å²) < 4.78 is 24.8. The van der Waals surface area contributed by atoms with Crippen molar-refractivity contribution < 1.29 is 18.3 Å². The minimum atomic E-state index is -3.33. The van der Waals surface area contributed by atoms with Crippen LogP contribution in [-0.2, 0) is 14.8 Å². The molecule has 1 amide bonds. The smallest absolute Gasteiger partial charge is 0.241 e. The highest BCUT2D eigenvalue weighted by molar-refractivity contribution is 7.92. The zero-order valence-electron chi connectivity index (χ0n) is 11.9. The van der Waals surface area contributed by atoms with E-state index >= 15 is 0 Å². The molecule has 4 N–H and O–H groups in total. The lowest BCUT2D eigenvalue weighted by Gasteiger charge is -2.13. The Hall–Kier alpha value is -1.64. The Morgan fingerprint density at radius 1 is 1.43 bits per heavy atom. The molecule has 116 valence electrons. The lowest BCUT2D eigenvalue weighted by molar-refractivity contribution is -0.117. The fourth-order valence-corrected chi connectivity index (χ4v) is 2.83. The van der Waals surface area contributed by atoms with Gasteiger partial charge in [-0.25, -0.2) is 8.42 Å². The molecule has 1 aliphatic rings. The Morgan fingerprint density at radius 2 is 2.14 bits per heavy atom. The molecule has 21 heavy (non-hydrogen) atoms. The average molecular weight is 313 g/mol. The SMILES string of the molecule is Cc1cc(NC(=O)C2CC(O)CN2)ccc1NS(C)(=O)=O. The van der Waals surface area contributed by atoms with Gasteiger partial charge in [0.25, 0.3) is 0 Å². The van der Waals surface area contributed by atoms with Gasteiger partial charge in [-0.05, 0) is 37.1 Å². The standard InChI is InChI=1S/C13H19N3O4S/c1-8-5-9(3-4-11(8)16-21(2,19)20)15-13(18)12-6-10(17)7-14-12/h3-5,10,12,14,16-17H,6-7H2,1-2H3,(H,15,18). The van der Waals surface area contributed by atoms with E-state index < -0.39 is 22.2 Å². The zero-order chi connectivity index (χ0) is 15.6. The second-order valence-corrected chi connectivity index (χ2v) is 6.99. The first kappa shape index (κ1) is 15.7. The number of hydrogen-bond acceptors (Lipinski definition) is 5. The van der Waals surface area contributed by atoms with Gasteiger partial charge in [0.2, 0.25) is 15.9 Å². The van der Waals surface area contributed by atoms with Crippen LogP contribution in [0, 0.1) is 6.92 Å². The third-order valence-electron chi connectivity index (χ3n) is 3.21. The minimum Gasteiger partial charge on any atom is -0.392 e.